The second-order valence-electron chi connectivity index (χ2n) is 4.87. The summed E-state index contributed by atoms with van der Waals surface area (Å²) in [5, 5.41) is 0. The minimum Gasteiger partial charge on any atom is -0.121 e. The smallest absolute Gasteiger partial charge is 0.0745 e. The maximum absolute atomic E-state index is 3.73. The van der Waals surface area contributed by atoms with Gasteiger partial charge in [-0.2, -0.15) is 0 Å². The highest BCUT2D eigenvalue weighted by molar-refractivity contribution is 9.12. The summed E-state index contributed by atoms with van der Waals surface area (Å²) >= 11 is 9.32. The van der Waals surface area contributed by atoms with Crippen molar-refractivity contribution in [2.45, 2.75) is 71.6 Å². The molecule has 18 heavy (non-hydrogen) atoms. The molecule has 0 fully saturated rings. The van der Waals surface area contributed by atoms with E-state index in [9.17, 15) is 0 Å². The molecule has 1 rings (SSSR count). The molecule has 0 aliphatic heterocycles. The van der Waals surface area contributed by atoms with Gasteiger partial charge >= 0.3 is 0 Å². The van der Waals surface area contributed by atoms with Gasteiger partial charge in [0, 0.05) is 0 Å². The van der Waals surface area contributed by atoms with Gasteiger partial charge in [0.1, 0.15) is 0 Å². The van der Waals surface area contributed by atoms with Crippen LogP contribution in [0.15, 0.2) is 7.57 Å². The zero-order valence-corrected chi connectivity index (χ0v) is 15.5. The SMILES string of the molecule is CCCCCCc1c(Br)sc(Br)c1CCCCC. The first-order valence-corrected chi connectivity index (χ1v) is 9.56. The number of hydrogen-bond donors (Lipinski definition) is 0. The Kier molecular flexibility index (Phi) is 8.86. The van der Waals surface area contributed by atoms with Gasteiger partial charge < -0.3 is 0 Å². The van der Waals surface area contributed by atoms with Gasteiger partial charge in [0.25, 0.3) is 0 Å². The van der Waals surface area contributed by atoms with E-state index in [-0.39, 0.29) is 0 Å². The van der Waals surface area contributed by atoms with Gasteiger partial charge in [0.05, 0.1) is 7.57 Å². The molecule has 1 aromatic heterocycles. The standard InChI is InChI=1S/C15H24Br2S/c1-3-5-7-9-11-13-12(10-8-6-4-2)14(16)18-15(13)17/h3-11H2,1-2H3. The third kappa shape index (κ3) is 5.34. The van der Waals surface area contributed by atoms with Crippen molar-refractivity contribution in [2.24, 2.45) is 0 Å². The summed E-state index contributed by atoms with van der Waals surface area (Å²) in [6, 6.07) is 0. The summed E-state index contributed by atoms with van der Waals surface area (Å²) in [7, 11) is 0. The summed E-state index contributed by atoms with van der Waals surface area (Å²) in [5.41, 5.74) is 3.14. The molecule has 0 saturated heterocycles. The largest absolute Gasteiger partial charge is 0.121 e. The lowest BCUT2D eigenvalue weighted by Gasteiger charge is -2.06. The lowest BCUT2D eigenvalue weighted by atomic mass is 10.0. The average molecular weight is 396 g/mol. The Morgan fingerprint density at radius 1 is 0.722 bits per heavy atom. The number of halogens is 2. The van der Waals surface area contributed by atoms with Gasteiger partial charge in [-0.1, -0.05) is 46.0 Å². The molecule has 0 bridgehead atoms. The van der Waals surface area contributed by atoms with Crippen molar-refractivity contribution in [1.82, 2.24) is 0 Å². The minimum atomic E-state index is 1.24. The summed E-state index contributed by atoms with van der Waals surface area (Å²) in [6.07, 6.45) is 11.8. The van der Waals surface area contributed by atoms with Crippen molar-refractivity contribution in [3.63, 3.8) is 0 Å². The first-order chi connectivity index (χ1) is 8.70. The van der Waals surface area contributed by atoms with Gasteiger partial charge in [0.15, 0.2) is 0 Å². The Morgan fingerprint density at radius 3 is 1.67 bits per heavy atom. The second kappa shape index (κ2) is 9.55. The van der Waals surface area contributed by atoms with Crippen molar-refractivity contribution in [1.29, 1.82) is 0 Å². The fourth-order valence-electron chi connectivity index (χ4n) is 2.22. The van der Waals surface area contributed by atoms with Crippen LogP contribution in [0.3, 0.4) is 0 Å². The topological polar surface area (TPSA) is 0 Å². The predicted octanol–water partition coefficient (Wildman–Crippen LogP) is 7.13. The van der Waals surface area contributed by atoms with Crippen molar-refractivity contribution < 1.29 is 0 Å². The third-order valence-electron chi connectivity index (χ3n) is 3.33. The van der Waals surface area contributed by atoms with Gasteiger partial charge in [-0.3, -0.25) is 0 Å². The quantitative estimate of drug-likeness (QED) is 0.390. The molecule has 1 heterocycles. The molecule has 104 valence electrons. The lowest BCUT2D eigenvalue weighted by molar-refractivity contribution is 0.660. The molecule has 0 atom stereocenters. The van der Waals surface area contributed by atoms with Crippen LogP contribution in [0, 0.1) is 0 Å². The molecule has 0 spiro atoms. The van der Waals surface area contributed by atoms with E-state index in [0.29, 0.717) is 0 Å². The van der Waals surface area contributed by atoms with Crippen LogP contribution in [0.1, 0.15) is 69.9 Å². The monoisotopic (exact) mass is 394 g/mol. The van der Waals surface area contributed by atoms with Gasteiger partial charge in [-0.05, 0) is 68.7 Å². The van der Waals surface area contributed by atoms with Gasteiger partial charge in [-0.15, -0.1) is 11.3 Å². The minimum absolute atomic E-state index is 1.24. The van der Waals surface area contributed by atoms with E-state index in [2.05, 4.69) is 45.7 Å². The van der Waals surface area contributed by atoms with E-state index in [1.165, 1.54) is 65.4 Å². The first kappa shape index (κ1) is 16.7. The normalized spacial score (nSPS) is 11.1. The molecule has 0 saturated carbocycles. The summed E-state index contributed by atoms with van der Waals surface area (Å²) < 4.78 is 2.69. The number of unbranched alkanes of at least 4 members (excludes halogenated alkanes) is 5. The third-order valence-corrected chi connectivity index (χ3v) is 6.11. The van der Waals surface area contributed by atoms with Crippen LogP contribution >= 0.6 is 43.2 Å². The van der Waals surface area contributed by atoms with Crippen LogP contribution in [0.25, 0.3) is 0 Å². The van der Waals surface area contributed by atoms with Crippen LogP contribution in [0.5, 0.6) is 0 Å². The molecule has 0 aliphatic carbocycles. The van der Waals surface area contributed by atoms with E-state index in [1.807, 2.05) is 11.3 Å². The average Bonchev–Trinajstić information content (AvgIpc) is 2.61. The Labute approximate surface area is 133 Å². The summed E-state index contributed by atoms with van der Waals surface area (Å²) in [4.78, 5) is 0. The van der Waals surface area contributed by atoms with Crippen molar-refractivity contribution >= 4 is 43.2 Å². The van der Waals surface area contributed by atoms with Crippen LogP contribution < -0.4 is 0 Å². The fraction of sp³-hybridized carbons (Fsp3) is 0.733. The first-order valence-electron chi connectivity index (χ1n) is 7.16. The Morgan fingerprint density at radius 2 is 1.17 bits per heavy atom. The van der Waals surface area contributed by atoms with Gasteiger partial charge in [-0.25, -0.2) is 0 Å². The molecule has 0 aromatic carbocycles. The molecule has 3 heteroatoms. The number of thiophene rings is 1. The highest BCUT2D eigenvalue weighted by Gasteiger charge is 2.14. The number of rotatable bonds is 9. The van der Waals surface area contributed by atoms with Crippen LogP contribution in [0.2, 0.25) is 0 Å². The highest BCUT2D eigenvalue weighted by atomic mass is 79.9. The molecule has 0 nitrogen and oxygen atoms in total. The Balaban J connectivity index is 2.57. The van der Waals surface area contributed by atoms with Crippen LogP contribution in [0.4, 0.5) is 0 Å². The summed E-state index contributed by atoms with van der Waals surface area (Å²) in [6.45, 7) is 4.54. The fourth-order valence-corrected chi connectivity index (χ4v) is 5.57. The molecular weight excluding hydrogens is 372 g/mol. The molecule has 0 aliphatic rings. The molecule has 0 amide bonds. The highest BCUT2D eigenvalue weighted by Crippen LogP contribution is 2.38. The van der Waals surface area contributed by atoms with Gasteiger partial charge in [0.2, 0.25) is 0 Å². The van der Waals surface area contributed by atoms with Crippen LogP contribution in [-0.2, 0) is 12.8 Å². The predicted molar refractivity (Wildman–Crippen MR) is 90.8 cm³/mol. The van der Waals surface area contributed by atoms with E-state index < -0.39 is 0 Å². The molecule has 0 radical (unpaired) electrons. The molecule has 0 N–H and O–H groups in total. The Bertz CT molecular complexity index is 345. The van der Waals surface area contributed by atoms with E-state index in [1.54, 1.807) is 11.1 Å². The van der Waals surface area contributed by atoms with Crippen molar-refractivity contribution in [3.05, 3.63) is 18.7 Å². The Hall–Kier alpha value is 0.660. The summed E-state index contributed by atoms with van der Waals surface area (Å²) in [5.74, 6) is 0. The van der Waals surface area contributed by atoms with E-state index in [0.717, 1.165) is 0 Å². The van der Waals surface area contributed by atoms with Crippen molar-refractivity contribution in [2.75, 3.05) is 0 Å². The van der Waals surface area contributed by atoms with E-state index in [4.69, 9.17) is 0 Å². The van der Waals surface area contributed by atoms with E-state index >= 15 is 0 Å². The maximum atomic E-state index is 3.73. The zero-order valence-electron chi connectivity index (χ0n) is 11.5. The lowest BCUT2D eigenvalue weighted by Crippen LogP contribution is -1.93. The number of hydrogen-bond acceptors (Lipinski definition) is 1. The van der Waals surface area contributed by atoms with Crippen molar-refractivity contribution in [3.8, 4) is 0 Å². The van der Waals surface area contributed by atoms with Crippen LogP contribution in [-0.4, -0.2) is 0 Å². The molecule has 1 aromatic rings. The second-order valence-corrected chi connectivity index (χ2v) is 8.53. The molecular formula is C15H24Br2S. The maximum Gasteiger partial charge on any atom is 0.0745 e. The molecule has 0 unspecified atom stereocenters. The zero-order chi connectivity index (χ0) is 13.4.